The zero-order valence-corrected chi connectivity index (χ0v) is 7.27. The van der Waals surface area contributed by atoms with Crippen molar-refractivity contribution in [2.75, 3.05) is 0 Å². The Hall–Kier alpha value is 1.37. The van der Waals surface area contributed by atoms with Crippen LogP contribution in [0.2, 0.25) is 0 Å². The standard InChI is InChI=1S/Cl2O.Hf.H2O/c1-3-2;;/h;;1H2. The summed E-state index contributed by atoms with van der Waals surface area (Å²) >= 11 is 8.53. The second kappa shape index (κ2) is 18.3. The molecule has 0 rings (SSSR count). The Balaban J connectivity index is -0.0000000200. The van der Waals surface area contributed by atoms with Crippen LogP contribution in [0.1, 0.15) is 0 Å². The van der Waals surface area contributed by atoms with Gasteiger partial charge in [-0.3, -0.25) is 0 Å². The van der Waals surface area contributed by atoms with Crippen LogP contribution < -0.4 is 0 Å². The van der Waals surface area contributed by atoms with Gasteiger partial charge in [0.2, 0.25) is 0 Å². The van der Waals surface area contributed by atoms with Crippen LogP contribution >= 0.6 is 23.7 Å². The van der Waals surface area contributed by atoms with E-state index in [1.165, 1.54) is 0 Å². The summed E-state index contributed by atoms with van der Waals surface area (Å²) in [5.41, 5.74) is 0. The van der Waals surface area contributed by atoms with Crippen LogP contribution in [0.3, 0.4) is 0 Å². The summed E-state index contributed by atoms with van der Waals surface area (Å²) in [6, 6.07) is 0. The zero-order valence-electron chi connectivity index (χ0n) is 2.16. The second-order valence-electron chi connectivity index (χ2n) is 0.0583. The molecule has 0 atom stereocenters. The molecular weight excluding hydrogens is 281 g/mol. The van der Waals surface area contributed by atoms with E-state index < -0.39 is 0 Å². The largest absolute Gasteiger partial charge is 0.412 e. The minimum Gasteiger partial charge on any atom is -0.412 e. The molecule has 0 aliphatic heterocycles. The van der Waals surface area contributed by atoms with Gasteiger partial charge in [0, 0.05) is 25.8 Å². The summed E-state index contributed by atoms with van der Waals surface area (Å²) in [6.07, 6.45) is 0. The fraction of sp³-hybridized carbons (Fsp3) is 0. The molecule has 5 heteroatoms. The van der Waals surface area contributed by atoms with E-state index in [4.69, 9.17) is 0 Å². The Morgan fingerprint density at radius 2 is 1.20 bits per heavy atom. The van der Waals surface area contributed by atoms with Crippen molar-refractivity contribution in [1.82, 2.24) is 0 Å². The molecule has 0 saturated carbocycles. The predicted octanol–water partition coefficient (Wildman–Crippen LogP) is 0.483. The summed E-state index contributed by atoms with van der Waals surface area (Å²) in [7, 11) is 0. The molecule has 0 radical (unpaired) electrons. The predicted molar refractivity (Wildman–Crippen MR) is 16.4 cm³/mol. The Bertz CT molecular complexity index is 7.61. The van der Waals surface area contributed by atoms with Crippen molar-refractivity contribution in [3.05, 3.63) is 0 Å². The molecule has 0 amide bonds. The normalized spacial score (nSPS) is 3.60. The molecule has 0 aromatic carbocycles. The molecule has 0 heterocycles. The third-order valence-corrected chi connectivity index (χ3v) is 0. The van der Waals surface area contributed by atoms with Crippen molar-refractivity contribution < 1.29 is 35.2 Å². The maximum Gasteiger partial charge on any atom is 0.0832 e. The summed E-state index contributed by atoms with van der Waals surface area (Å²) < 4.78 is 3.19. The first kappa shape index (κ1) is 16.2. The quantitative estimate of drug-likeness (QED) is 0.596. The first-order valence-corrected chi connectivity index (χ1v) is 0.926. The van der Waals surface area contributed by atoms with E-state index in [0.29, 0.717) is 0 Å². The summed E-state index contributed by atoms with van der Waals surface area (Å²) in [4.78, 5) is 0. The first-order chi connectivity index (χ1) is 1.41. The smallest absolute Gasteiger partial charge is 0.0832 e. The molecule has 32 valence electrons. The van der Waals surface area contributed by atoms with E-state index in [1.54, 1.807) is 0 Å². The Morgan fingerprint density at radius 3 is 1.20 bits per heavy atom. The van der Waals surface area contributed by atoms with Crippen LogP contribution in [0, 0.1) is 0 Å². The van der Waals surface area contributed by atoms with Crippen LogP contribution in [0.15, 0.2) is 0 Å². The van der Waals surface area contributed by atoms with Gasteiger partial charge in [0.05, 0.1) is 23.7 Å². The van der Waals surface area contributed by atoms with Gasteiger partial charge >= 0.3 is 0 Å². The molecule has 0 aliphatic carbocycles. The van der Waals surface area contributed by atoms with E-state index in [2.05, 4.69) is 27.6 Å². The van der Waals surface area contributed by atoms with Crippen LogP contribution in [-0.2, 0) is 29.7 Å². The minimum atomic E-state index is 0. The Morgan fingerprint density at radius 1 is 1.20 bits per heavy atom. The summed E-state index contributed by atoms with van der Waals surface area (Å²) in [5, 5.41) is 0. The van der Waals surface area contributed by atoms with Crippen molar-refractivity contribution in [2.24, 2.45) is 0 Å². The van der Waals surface area contributed by atoms with E-state index >= 15 is 0 Å². The minimum absolute atomic E-state index is 0. The van der Waals surface area contributed by atoms with Crippen LogP contribution in [-0.4, -0.2) is 5.48 Å². The molecule has 0 aliphatic rings. The monoisotopic (exact) mass is 284 g/mol. The Labute approximate surface area is 58.8 Å². The molecule has 5 heavy (non-hydrogen) atoms. The molecule has 0 spiro atoms. The van der Waals surface area contributed by atoms with Crippen molar-refractivity contribution in [1.29, 1.82) is 0 Å². The number of rotatable bonds is 0. The van der Waals surface area contributed by atoms with Gasteiger partial charge in [0.25, 0.3) is 0 Å². The van der Waals surface area contributed by atoms with Gasteiger partial charge in [0.15, 0.2) is 0 Å². The summed E-state index contributed by atoms with van der Waals surface area (Å²) in [6.45, 7) is 0. The maximum absolute atomic E-state index is 4.26. The third kappa shape index (κ3) is 32.5. The summed E-state index contributed by atoms with van der Waals surface area (Å²) in [5.74, 6) is 0. The van der Waals surface area contributed by atoms with Gasteiger partial charge in [-0.15, -0.1) is 0 Å². The Kier molecular flexibility index (Phi) is 59.1. The van der Waals surface area contributed by atoms with E-state index in [1.807, 2.05) is 0 Å². The van der Waals surface area contributed by atoms with Gasteiger partial charge in [-0.05, 0) is 0 Å². The van der Waals surface area contributed by atoms with Crippen molar-refractivity contribution in [2.45, 2.75) is 0 Å². The van der Waals surface area contributed by atoms with Gasteiger partial charge in [-0.1, -0.05) is 0 Å². The number of halogens is 2. The molecule has 2 N–H and O–H groups in total. The van der Waals surface area contributed by atoms with Crippen molar-refractivity contribution >= 4 is 23.7 Å². The number of hydrogen-bond acceptors (Lipinski definition) is 1. The first-order valence-electron chi connectivity index (χ1n) is 0.309. The van der Waals surface area contributed by atoms with E-state index in [-0.39, 0.29) is 31.3 Å². The van der Waals surface area contributed by atoms with Gasteiger partial charge in [-0.25, -0.2) is 0 Å². The topological polar surface area (TPSA) is 40.7 Å². The molecule has 0 saturated heterocycles. The molecule has 0 fully saturated rings. The molecule has 0 aromatic heterocycles. The van der Waals surface area contributed by atoms with E-state index in [0.717, 1.165) is 0 Å². The fourth-order valence-electron chi connectivity index (χ4n) is 0. The van der Waals surface area contributed by atoms with Crippen LogP contribution in [0.4, 0.5) is 0 Å². The molecule has 0 bridgehead atoms. The average molecular weight is 283 g/mol. The number of hydrogen-bond donors (Lipinski definition) is 0. The van der Waals surface area contributed by atoms with Gasteiger partial charge < -0.3 is 5.48 Å². The van der Waals surface area contributed by atoms with Gasteiger partial charge in [0.1, 0.15) is 0 Å². The van der Waals surface area contributed by atoms with Crippen molar-refractivity contribution in [3.63, 3.8) is 0 Å². The molecule has 2 nitrogen and oxygen atoms in total. The maximum atomic E-state index is 4.26. The van der Waals surface area contributed by atoms with Crippen molar-refractivity contribution in [3.8, 4) is 0 Å². The fourth-order valence-corrected chi connectivity index (χ4v) is 0. The molecule has 0 unspecified atom stereocenters. The van der Waals surface area contributed by atoms with E-state index in [9.17, 15) is 0 Å². The van der Waals surface area contributed by atoms with Crippen LogP contribution in [0.25, 0.3) is 0 Å². The SMILES string of the molecule is ClOCl.O.[Hf]. The molecule has 0 aromatic rings. The zero-order chi connectivity index (χ0) is 2.71. The average Bonchev–Trinajstić information content (AvgIpc) is 0.918. The van der Waals surface area contributed by atoms with Crippen LogP contribution in [0.5, 0.6) is 0 Å². The third-order valence-electron chi connectivity index (χ3n) is 0. The van der Waals surface area contributed by atoms with Gasteiger partial charge in [-0.2, -0.15) is 3.84 Å². The second-order valence-corrected chi connectivity index (χ2v) is 0.525. The molecular formula is H2Cl2HfO2.